The average Bonchev–Trinajstić information content (AvgIpc) is 3.43. The van der Waals surface area contributed by atoms with Crippen molar-refractivity contribution in [2.24, 2.45) is 0 Å². The van der Waals surface area contributed by atoms with Gasteiger partial charge in [-0.15, -0.1) is 11.3 Å². The summed E-state index contributed by atoms with van der Waals surface area (Å²) in [5.41, 5.74) is 2.16. The Morgan fingerprint density at radius 2 is 1.74 bits per heavy atom. The Labute approximate surface area is 190 Å². The van der Waals surface area contributed by atoms with Crippen LogP contribution in [0.4, 0.5) is 5.69 Å². The number of rotatable bonds is 4. The van der Waals surface area contributed by atoms with Crippen LogP contribution in [0.5, 0.6) is 0 Å². The number of hydrogen-bond acceptors (Lipinski definition) is 4. The van der Waals surface area contributed by atoms with Crippen LogP contribution >= 0.6 is 22.9 Å². The number of fused-ring (bicyclic) bond motifs is 1. The first-order valence-corrected chi connectivity index (χ1v) is 11.1. The summed E-state index contributed by atoms with van der Waals surface area (Å²) < 4.78 is 1.72. The molecule has 0 saturated heterocycles. The lowest BCUT2D eigenvalue weighted by atomic mass is 10.1. The Morgan fingerprint density at radius 3 is 2.39 bits per heavy atom. The molecule has 0 bridgehead atoms. The van der Waals surface area contributed by atoms with Crippen molar-refractivity contribution in [3.63, 3.8) is 0 Å². The highest BCUT2D eigenvalue weighted by Crippen LogP contribution is 2.36. The van der Waals surface area contributed by atoms with E-state index in [4.69, 9.17) is 11.6 Å². The highest BCUT2D eigenvalue weighted by Gasteiger charge is 2.21. The Morgan fingerprint density at radius 1 is 1.06 bits per heavy atom. The van der Waals surface area contributed by atoms with Crippen molar-refractivity contribution in [3.8, 4) is 10.4 Å². The van der Waals surface area contributed by atoms with E-state index >= 15 is 0 Å². The minimum Gasteiger partial charge on any atom is -0.478 e. The van der Waals surface area contributed by atoms with Crippen LogP contribution in [0, 0.1) is 0 Å². The zero-order valence-corrected chi connectivity index (χ0v) is 19.3. The van der Waals surface area contributed by atoms with Gasteiger partial charge in [0, 0.05) is 29.0 Å². The molecular weight excluding hydrogens is 434 g/mol. The molecule has 0 spiro atoms. The van der Waals surface area contributed by atoms with Crippen molar-refractivity contribution in [2.45, 2.75) is 27.7 Å². The third kappa shape index (κ3) is 5.51. The predicted molar refractivity (Wildman–Crippen MR) is 128 cm³/mol. The lowest BCUT2D eigenvalue weighted by molar-refractivity contribution is 0.0699. The third-order valence-electron chi connectivity index (χ3n) is 4.01. The first kappa shape index (κ1) is 24.1. The minimum absolute atomic E-state index is 0.0550. The molecular formula is C23H24ClN3O3S. The van der Waals surface area contributed by atoms with Gasteiger partial charge in [0.2, 0.25) is 0 Å². The van der Waals surface area contributed by atoms with Crippen LogP contribution in [0.2, 0.25) is 5.02 Å². The lowest BCUT2D eigenvalue weighted by Gasteiger charge is -2.07. The molecule has 4 rings (SSSR count). The summed E-state index contributed by atoms with van der Waals surface area (Å²) >= 11 is 7.15. The van der Waals surface area contributed by atoms with Crippen LogP contribution in [0.3, 0.4) is 0 Å². The standard InChI is InChI=1S/C19H12ClN3O3S.2C2H6/c20-13-4-1-11(2-5-13)17-16(19(25)26)14(10-27-17)22-18(24)12-3-6-15-21-7-8-23(15)9-12;2*1-2/h1-10H,(H,22,24)(H,25,26);2*1-2H3. The van der Waals surface area contributed by atoms with E-state index in [9.17, 15) is 14.7 Å². The Hall–Kier alpha value is -3.16. The number of carbonyl (C=O) groups excluding carboxylic acids is 1. The van der Waals surface area contributed by atoms with Crippen molar-refractivity contribution < 1.29 is 14.7 Å². The zero-order valence-electron chi connectivity index (χ0n) is 17.7. The molecule has 0 saturated carbocycles. The lowest BCUT2D eigenvalue weighted by Crippen LogP contribution is -2.14. The van der Waals surface area contributed by atoms with Crippen LogP contribution in [-0.2, 0) is 0 Å². The van der Waals surface area contributed by atoms with Gasteiger partial charge in [-0.1, -0.05) is 51.4 Å². The van der Waals surface area contributed by atoms with Crippen molar-refractivity contribution in [2.75, 3.05) is 5.32 Å². The second-order valence-corrected chi connectivity index (χ2v) is 7.05. The second-order valence-electron chi connectivity index (χ2n) is 5.73. The first-order chi connectivity index (χ1) is 15.0. The number of pyridine rings is 1. The van der Waals surface area contributed by atoms with Gasteiger partial charge in [-0.3, -0.25) is 4.79 Å². The molecule has 3 aromatic heterocycles. The van der Waals surface area contributed by atoms with Crippen LogP contribution in [0.1, 0.15) is 48.4 Å². The number of benzene rings is 1. The molecule has 0 atom stereocenters. The topological polar surface area (TPSA) is 83.7 Å². The van der Waals surface area contributed by atoms with E-state index in [1.807, 2.05) is 27.7 Å². The molecule has 31 heavy (non-hydrogen) atoms. The Bertz CT molecular complexity index is 1170. The maximum absolute atomic E-state index is 12.6. The van der Waals surface area contributed by atoms with Crippen molar-refractivity contribution in [1.82, 2.24) is 9.38 Å². The van der Waals surface area contributed by atoms with Crippen molar-refractivity contribution in [3.05, 3.63) is 76.5 Å². The number of nitrogens with one attached hydrogen (secondary N) is 1. The summed E-state index contributed by atoms with van der Waals surface area (Å²) in [5.74, 6) is -1.50. The molecule has 8 heteroatoms. The van der Waals surface area contributed by atoms with Gasteiger partial charge in [-0.2, -0.15) is 0 Å². The number of carboxylic acids is 1. The maximum atomic E-state index is 12.6. The number of hydrogen-bond donors (Lipinski definition) is 2. The van der Waals surface area contributed by atoms with Gasteiger partial charge < -0.3 is 14.8 Å². The quantitative estimate of drug-likeness (QED) is 0.356. The molecule has 3 heterocycles. The van der Waals surface area contributed by atoms with Crippen molar-refractivity contribution in [1.29, 1.82) is 0 Å². The second kappa shape index (κ2) is 11.3. The molecule has 6 nitrogen and oxygen atoms in total. The summed E-state index contributed by atoms with van der Waals surface area (Å²) in [6, 6.07) is 10.3. The largest absolute Gasteiger partial charge is 0.478 e. The molecule has 0 radical (unpaired) electrons. The van der Waals surface area contributed by atoms with E-state index in [-0.39, 0.29) is 11.3 Å². The van der Waals surface area contributed by atoms with Crippen LogP contribution in [0.15, 0.2) is 60.4 Å². The number of carbonyl (C=O) groups is 2. The number of amides is 1. The number of imidazole rings is 1. The number of aromatic carboxylic acids is 1. The molecule has 1 aromatic carbocycles. The molecule has 162 valence electrons. The normalized spacial score (nSPS) is 9.84. The number of anilines is 1. The minimum atomic E-state index is -1.11. The molecule has 4 aromatic rings. The highest BCUT2D eigenvalue weighted by molar-refractivity contribution is 7.14. The fourth-order valence-corrected chi connectivity index (χ4v) is 3.85. The predicted octanol–water partition coefficient (Wildman–Crippen LogP) is 6.72. The summed E-state index contributed by atoms with van der Waals surface area (Å²) in [5, 5.41) is 14.6. The van der Waals surface area contributed by atoms with E-state index in [1.54, 1.807) is 64.8 Å². The molecule has 1 amide bonds. The first-order valence-electron chi connectivity index (χ1n) is 9.88. The average molecular weight is 458 g/mol. The Balaban J connectivity index is 0.000000807. The fourth-order valence-electron chi connectivity index (χ4n) is 2.72. The van der Waals surface area contributed by atoms with Gasteiger partial charge in [-0.25, -0.2) is 9.78 Å². The fraction of sp³-hybridized carbons (Fsp3) is 0.174. The summed E-state index contributed by atoms with van der Waals surface area (Å²) in [4.78, 5) is 29.1. The number of nitrogens with zero attached hydrogens (tertiary/aromatic N) is 2. The van der Waals surface area contributed by atoms with Gasteiger partial charge in [-0.05, 0) is 29.8 Å². The van der Waals surface area contributed by atoms with E-state index in [2.05, 4.69) is 10.3 Å². The summed E-state index contributed by atoms with van der Waals surface area (Å²) in [6.07, 6.45) is 5.01. The van der Waals surface area contributed by atoms with E-state index in [0.29, 0.717) is 15.5 Å². The Kier molecular flexibility index (Phi) is 8.78. The van der Waals surface area contributed by atoms with E-state index < -0.39 is 11.9 Å². The summed E-state index contributed by atoms with van der Waals surface area (Å²) in [7, 11) is 0. The van der Waals surface area contributed by atoms with Gasteiger partial charge in [0.15, 0.2) is 0 Å². The molecule has 2 N–H and O–H groups in total. The molecule has 0 aliphatic rings. The van der Waals surface area contributed by atoms with Crippen LogP contribution in [0.25, 0.3) is 16.1 Å². The van der Waals surface area contributed by atoms with Crippen molar-refractivity contribution >= 4 is 46.1 Å². The monoisotopic (exact) mass is 457 g/mol. The maximum Gasteiger partial charge on any atom is 0.339 e. The van der Waals surface area contributed by atoms with Gasteiger partial charge >= 0.3 is 5.97 Å². The SMILES string of the molecule is CC.CC.O=C(Nc1csc(-c2ccc(Cl)cc2)c1C(=O)O)c1ccc2nccn2c1. The van der Waals surface area contributed by atoms with Gasteiger partial charge in [0.1, 0.15) is 11.2 Å². The molecule has 0 fully saturated rings. The number of thiophene rings is 1. The molecule has 0 aliphatic heterocycles. The zero-order chi connectivity index (χ0) is 23.0. The van der Waals surface area contributed by atoms with E-state index in [1.165, 1.54) is 11.3 Å². The van der Waals surface area contributed by atoms with Gasteiger partial charge in [0.05, 0.1) is 16.1 Å². The van der Waals surface area contributed by atoms with Crippen LogP contribution < -0.4 is 5.32 Å². The van der Waals surface area contributed by atoms with Crippen LogP contribution in [-0.4, -0.2) is 26.4 Å². The smallest absolute Gasteiger partial charge is 0.339 e. The molecule has 0 aliphatic carbocycles. The third-order valence-corrected chi connectivity index (χ3v) is 5.29. The summed E-state index contributed by atoms with van der Waals surface area (Å²) in [6.45, 7) is 8.00. The number of aromatic nitrogens is 2. The number of halogens is 1. The molecule has 0 unspecified atom stereocenters. The van der Waals surface area contributed by atoms with Gasteiger partial charge in [0.25, 0.3) is 5.91 Å². The number of carboxylic acid groups (broad SMARTS) is 1. The van der Waals surface area contributed by atoms with E-state index in [0.717, 1.165) is 11.2 Å². The highest BCUT2D eigenvalue weighted by atomic mass is 35.5.